The van der Waals surface area contributed by atoms with E-state index >= 15 is 0 Å². The lowest BCUT2D eigenvalue weighted by Crippen LogP contribution is -2.15. The maximum absolute atomic E-state index is 8.53. The molecular formula is C25H52O9. The Balaban J connectivity index is -0.00000177. The van der Waals surface area contributed by atoms with Crippen molar-refractivity contribution in [3.63, 3.8) is 0 Å². The number of allylic oxidation sites excluding steroid dienone is 2. The highest BCUT2D eigenvalue weighted by atomic mass is 16.6. The second-order valence-corrected chi connectivity index (χ2v) is 6.06. The van der Waals surface area contributed by atoms with Crippen LogP contribution in [-0.4, -0.2) is 117 Å². The van der Waals surface area contributed by atoms with Crippen molar-refractivity contribution in [2.45, 2.75) is 27.7 Å². The van der Waals surface area contributed by atoms with Gasteiger partial charge < -0.3 is 43.0 Å². The van der Waals surface area contributed by atoms with Gasteiger partial charge in [-0.3, -0.25) is 0 Å². The summed E-state index contributed by atoms with van der Waals surface area (Å²) in [4.78, 5) is 0. The van der Waals surface area contributed by atoms with Crippen molar-refractivity contribution in [2.24, 2.45) is 0 Å². The summed E-state index contributed by atoms with van der Waals surface area (Å²) in [7, 11) is 0. The van der Waals surface area contributed by atoms with Crippen molar-refractivity contribution in [1.82, 2.24) is 0 Å². The molecule has 1 N–H and O–H groups in total. The normalized spacial score (nSPS) is 10.5. The minimum absolute atomic E-state index is 0.0335. The third-order valence-electron chi connectivity index (χ3n) is 3.29. The zero-order valence-electron chi connectivity index (χ0n) is 22.2. The molecule has 0 rings (SSSR count). The lowest BCUT2D eigenvalue weighted by atomic mass is 10.5. The van der Waals surface area contributed by atoms with Crippen LogP contribution in [0.3, 0.4) is 0 Å². The number of aliphatic hydroxyl groups excluding tert-OH is 1. The van der Waals surface area contributed by atoms with Gasteiger partial charge in [0.25, 0.3) is 0 Å². The third-order valence-corrected chi connectivity index (χ3v) is 3.29. The molecule has 0 atom stereocenters. The van der Waals surface area contributed by atoms with Crippen LogP contribution in [0.2, 0.25) is 0 Å². The molecule has 0 fully saturated rings. The van der Waals surface area contributed by atoms with E-state index in [1.165, 1.54) is 0 Å². The van der Waals surface area contributed by atoms with Gasteiger partial charge in [-0.05, 0) is 13.8 Å². The van der Waals surface area contributed by atoms with Crippen molar-refractivity contribution in [2.75, 3.05) is 112 Å². The van der Waals surface area contributed by atoms with Crippen LogP contribution < -0.4 is 0 Å². The third kappa shape index (κ3) is 44.7. The Kier molecular flexibility index (Phi) is 46.9. The smallest absolute Gasteiger partial charge is 0.0704 e. The van der Waals surface area contributed by atoms with Gasteiger partial charge in [0, 0.05) is 0 Å². The summed E-state index contributed by atoms with van der Waals surface area (Å²) in [5, 5.41) is 8.53. The molecule has 0 aromatic heterocycles. The van der Waals surface area contributed by atoms with E-state index in [-0.39, 0.29) is 6.61 Å². The van der Waals surface area contributed by atoms with Gasteiger partial charge >= 0.3 is 0 Å². The molecule has 0 radical (unpaired) electrons. The number of rotatable bonds is 25. The fourth-order valence-electron chi connectivity index (χ4n) is 1.85. The van der Waals surface area contributed by atoms with Crippen LogP contribution in [0.1, 0.15) is 27.7 Å². The van der Waals surface area contributed by atoms with Crippen LogP contribution >= 0.6 is 0 Å². The molecule has 0 aromatic carbocycles. The van der Waals surface area contributed by atoms with E-state index < -0.39 is 0 Å². The second-order valence-electron chi connectivity index (χ2n) is 6.06. The van der Waals surface area contributed by atoms with Gasteiger partial charge in [-0.1, -0.05) is 32.1 Å². The summed E-state index contributed by atoms with van der Waals surface area (Å²) in [5.41, 5.74) is 0. The molecule has 0 bridgehead atoms. The van der Waals surface area contributed by atoms with Crippen LogP contribution in [0.5, 0.6) is 0 Å². The summed E-state index contributed by atoms with van der Waals surface area (Å²) in [6.45, 7) is 19.7. The largest absolute Gasteiger partial charge is 0.394 e. The molecule has 9 heteroatoms. The highest BCUT2D eigenvalue weighted by Crippen LogP contribution is 1.86. The van der Waals surface area contributed by atoms with Crippen molar-refractivity contribution < 1.29 is 43.0 Å². The molecule has 0 aliphatic rings. The van der Waals surface area contributed by atoms with Crippen molar-refractivity contribution in [3.05, 3.63) is 24.8 Å². The van der Waals surface area contributed by atoms with Crippen LogP contribution in [0.15, 0.2) is 24.8 Å². The monoisotopic (exact) mass is 496 g/mol. The molecule has 0 spiro atoms. The molecule has 0 amide bonds. The average Bonchev–Trinajstić information content (AvgIpc) is 2.86. The first-order chi connectivity index (χ1) is 16.8. The van der Waals surface area contributed by atoms with E-state index in [9.17, 15) is 0 Å². The Hall–Kier alpha value is -0.880. The molecule has 34 heavy (non-hydrogen) atoms. The van der Waals surface area contributed by atoms with Gasteiger partial charge in [0.15, 0.2) is 0 Å². The first-order valence-electron chi connectivity index (χ1n) is 12.2. The number of hydrogen-bond acceptors (Lipinski definition) is 9. The van der Waals surface area contributed by atoms with Gasteiger partial charge in [0.05, 0.1) is 112 Å². The molecule has 0 aliphatic carbocycles. The Bertz CT molecular complexity index is 355. The fraction of sp³-hybridized carbons (Fsp3) is 0.840. The van der Waals surface area contributed by atoms with Gasteiger partial charge in [0.1, 0.15) is 0 Å². The molecule has 0 saturated heterocycles. The van der Waals surface area contributed by atoms with E-state index in [1.807, 2.05) is 39.8 Å². The van der Waals surface area contributed by atoms with Gasteiger partial charge in [-0.15, -0.1) is 6.58 Å². The fourth-order valence-corrected chi connectivity index (χ4v) is 1.85. The standard InChI is InChI=1S/C20H40O9.C3H6.C2H6/c1-2-3-5-22-7-9-24-11-13-26-15-17-28-19-20-29-18-16-27-14-12-25-10-8-23-6-4-21;1-3-2;1-2/h2-3,21H,4-20H2,1H3;3H,1H2,2H3;1-2H3/b3-2+;;. The zero-order chi connectivity index (χ0) is 25.8. The van der Waals surface area contributed by atoms with E-state index in [0.717, 1.165) is 0 Å². The Labute approximate surface area is 208 Å². The van der Waals surface area contributed by atoms with Crippen LogP contribution in [-0.2, 0) is 37.9 Å². The molecule has 0 unspecified atom stereocenters. The summed E-state index contributed by atoms with van der Waals surface area (Å²) < 4.78 is 42.6. The lowest BCUT2D eigenvalue weighted by molar-refractivity contribution is -0.0233. The second kappa shape index (κ2) is 42.3. The van der Waals surface area contributed by atoms with Crippen molar-refractivity contribution in [3.8, 4) is 0 Å². The Morgan fingerprint density at radius 3 is 0.971 bits per heavy atom. The van der Waals surface area contributed by atoms with Gasteiger partial charge in [-0.2, -0.15) is 0 Å². The van der Waals surface area contributed by atoms with Crippen molar-refractivity contribution in [1.29, 1.82) is 0 Å². The van der Waals surface area contributed by atoms with Gasteiger partial charge in [0.2, 0.25) is 0 Å². The quantitative estimate of drug-likeness (QED) is 0.151. The number of ether oxygens (including phenoxy) is 8. The molecule has 0 aromatic rings. The maximum atomic E-state index is 8.53. The summed E-state index contributed by atoms with van der Waals surface area (Å²) >= 11 is 0. The molecule has 0 aliphatic heterocycles. The van der Waals surface area contributed by atoms with Crippen LogP contribution in [0.4, 0.5) is 0 Å². The van der Waals surface area contributed by atoms with E-state index in [1.54, 1.807) is 6.08 Å². The summed E-state index contributed by atoms with van der Waals surface area (Å²) in [6, 6.07) is 0. The minimum atomic E-state index is 0.0335. The van der Waals surface area contributed by atoms with Crippen LogP contribution in [0.25, 0.3) is 0 Å². The first-order valence-corrected chi connectivity index (χ1v) is 12.2. The van der Waals surface area contributed by atoms with E-state index in [4.69, 9.17) is 43.0 Å². The van der Waals surface area contributed by atoms with Gasteiger partial charge in [-0.25, -0.2) is 0 Å². The summed E-state index contributed by atoms with van der Waals surface area (Å²) in [5.74, 6) is 0. The Morgan fingerprint density at radius 2 is 0.735 bits per heavy atom. The minimum Gasteiger partial charge on any atom is -0.394 e. The highest BCUT2D eigenvalue weighted by Gasteiger charge is 1.94. The lowest BCUT2D eigenvalue weighted by Gasteiger charge is -2.08. The highest BCUT2D eigenvalue weighted by molar-refractivity contribution is 4.75. The molecule has 0 saturated carbocycles. The van der Waals surface area contributed by atoms with E-state index in [0.29, 0.717) is 106 Å². The molecule has 0 heterocycles. The molecule has 206 valence electrons. The Morgan fingerprint density at radius 1 is 0.500 bits per heavy atom. The predicted octanol–water partition coefficient (Wildman–Crippen LogP) is 2.91. The van der Waals surface area contributed by atoms with E-state index in [2.05, 4.69) is 6.58 Å². The zero-order valence-corrected chi connectivity index (χ0v) is 22.2. The SMILES string of the molecule is C/C=C/COCCOCCOCCOCCOCCOCCOCCOCCO.C=CC.CC. The predicted molar refractivity (Wildman–Crippen MR) is 136 cm³/mol. The molecule has 9 nitrogen and oxygen atoms in total. The number of aliphatic hydroxyl groups is 1. The number of hydrogen-bond donors (Lipinski definition) is 1. The van der Waals surface area contributed by atoms with Crippen LogP contribution in [0, 0.1) is 0 Å². The average molecular weight is 497 g/mol. The summed E-state index contributed by atoms with van der Waals surface area (Å²) in [6.07, 6.45) is 5.66. The van der Waals surface area contributed by atoms with Crippen molar-refractivity contribution >= 4 is 0 Å². The first kappa shape index (κ1) is 37.7. The topological polar surface area (TPSA) is 94.1 Å². The maximum Gasteiger partial charge on any atom is 0.0704 e. The molecular weight excluding hydrogens is 444 g/mol.